The highest BCUT2D eigenvalue weighted by atomic mass is 16.6. The van der Waals surface area contributed by atoms with Gasteiger partial charge in [0, 0.05) is 6.07 Å². The molecule has 1 aromatic carbocycles. The molecule has 0 fully saturated rings. The Hall–Kier alpha value is -3.14. The molecule has 2 rings (SSSR count). The molecular formula is C16H16N4O3. The number of nitrogens with zero attached hydrogens (tertiary/aromatic N) is 3. The fourth-order valence-corrected chi connectivity index (χ4v) is 2.20. The van der Waals surface area contributed by atoms with Crippen LogP contribution in [0.25, 0.3) is 0 Å². The van der Waals surface area contributed by atoms with Crippen molar-refractivity contribution in [2.24, 2.45) is 0 Å². The Kier molecular flexibility index (Phi) is 5.10. The van der Waals surface area contributed by atoms with E-state index in [1.54, 1.807) is 13.2 Å². The van der Waals surface area contributed by atoms with Gasteiger partial charge in [0.25, 0.3) is 0 Å². The number of anilines is 1. The van der Waals surface area contributed by atoms with Crippen LogP contribution in [0, 0.1) is 21.4 Å². The van der Waals surface area contributed by atoms with E-state index in [0.29, 0.717) is 5.82 Å². The van der Waals surface area contributed by atoms with Gasteiger partial charge in [-0.05, 0) is 30.2 Å². The van der Waals surface area contributed by atoms with Gasteiger partial charge < -0.3 is 10.1 Å². The minimum absolute atomic E-state index is 0.0265. The monoisotopic (exact) mass is 312 g/mol. The molecule has 7 nitrogen and oxygen atoms in total. The lowest BCUT2D eigenvalue weighted by Crippen LogP contribution is -2.11. The summed E-state index contributed by atoms with van der Waals surface area (Å²) in [5.41, 5.74) is 0.534. The average Bonchev–Trinajstić information content (AvgIpc) is 2.59. The first-order valence-electron chi connectivity index (χ1n) is 7.05. The SMILES string of the molecule is CCC(Nc1ccc([N+](=O)[O-])c(C#N)n1)c1ccc(OC)cc1. The topological polar surface area (TPSA) is 101 Å². The Bertz CT molecular complexity index is 738. The summed E-state index contributed by atoms with van der Waals surface area (Å²) in [4.78, 5) is 14.2. The van der Waals surface area contributed by atoms with Crippen LogP contribution in [0.3, 0.4) is 0 Å². The first-order valence-corrected chi connectivity index (χ1v) is 7.05. The summed E-state index contributed by atoms with van der Waals surface area (Å²) in [5.74, 6) is 1.19. The third-order valence-corrected chi connectivity index (χ3v) is 3.43. The smallest absolute Gasteiger partial charge is 0.305 e. The minimum atomic E-state index is -0.615. The predicted molar refractivity (Wildman–Crippen MR) is 85.3 cm³/mol. The van der Waals surface area contributed by atoms with Crippen molar-refractivity contribution in [3.63, 3.8) is 0 Å². The van der Waals surface area contributed by atoms with Crippen molar-refractivity contribution < 1.29 is 9.66 Å². The van der Waals surface area contributed by atoms with E-state index in [1.165, 1.54) is 12.1 Å². The van der Waals surface area contributed by atoms with Crippen LogP contribution in [0.15, 0.2) is 36.4 Å². The summed E-state index contributed by atoms with van der Waals surface area (Å²) in [6.45, 7) is 2.01. The van der Waals surface area contributed by atoms with E-state index in [4.69, 9.17) is 10.00 Å². The van der Waals surface area contributed by atoms with Gasteiger partial charge in [-0.3, -0.25) is 10.1 Å². The lowest BCUT2D eigenvalue weighted by molar-refractivity contribution is -0.385. The summed E-state index contributed by atoms with van der Waals surface area (Å²) >= 11 is 0. The van der Waals surface area contributed by atoms with Crippen LogP contribution in [0.2, 0.25) is 0 Å². The molecule has 0 spiro atoms. The molecule has 0 saturated carbocycles. The number of rotatable bonds is 6. The maximum Gasteiger partial charge on any atom is 0.305 e. The number of nitrogens with one attached hydrogen (secondary N) is 1. The molecule has 118 valence electrons. The van der Waals surface area contributed by atoms with Crippen molar-refractivity contribution in [3.8, 4) is 11.8 Å². The van der Waals surface area contributed by atoms with E-state index < -0.39 is 4.92 Å². The van der Waals surface area contributed by atoms with Crippen molar-refractivity contribution in [3.05, 3.63) is 57.8 Å². The molecule has 7 heteroatoms. The molecule has 0 aliphatic heterocycles. The summed E-state index contributed by atoms with van der Waals surface area (Å²) in [7, 11) is 1.61. The molecule has 1 atom stereocenters. The second-order valence-electron chi connectivity index (χ2n) is 4.81. The summed E-state index contributed by atoms with van der Waals surface area (Å²) in [6, 6.07) is 12.1. The van der Waals surface area contributed by atoms with Gasteiger partial charge in [0.15, 0.2) is 0 Å². The molecule has 2 aromatic rings. The number of aromatic nitrogens is 1. The summed E-state index contributed by atoms with van der Waals surface area (Å²) in [5, 5.41) is 23.0. The van der Waals surface area contributed by atoms with E-state index in [-0.39, 0.29) is 17.4 Å². The summed E-state index contributed by atoms with van der Waals surface area (Å²) < 4.78 is 5.13. The largest absolute Gasteiger partial charge is 0.497 e. The van der Waals surface area contributed by atoms with E-state index in [2.05, 4.69) is 10.3 Å². The van der Waals surface area contributed by atoms with E-state index in [0.717, 1.165) is 17.7 Å². The molecule has 0 amide bonds. The van der Waals surface area contributed by atoms with Crippen LogP contribution < -0.4 is 10.1 Å². The zero-order valence-electron chi connectivity index (χ0n) is 12.8. The number of nitriles is 1. The highest BCUT2D eigenvalue weighted by Gasteiger charge is 2.17. The molecule has 1 aromatic heterocycles. The zero-order chi connectivity index (χ0) is 16.8. The molecule has 0 bridgehead atoms. The van der Waals surface area contributed by atoms with Crippen molar-refractivity contribution >= 4 is 11.5 Å². The Morgan fingerprint density at radius 2 is 2.04 bits per heavy atom. The highest BCUT2D eigenvalue weighted by molar-refractivity contribution is 5.51. The van der Waals surface area contributed by atoms with Crippen LogP contribution >= 0.6 is 0 Å². The maximum absolute atomic E-state index is 10.8. The second-order valence-corrected chi connectivity index (χ2v) is 4.81. The van der Waals surface area contributed by atoms with Gasteiger partial charge in [0.05, 0.1) is 18.1 Å². The Morgan fingerprint density at radius 3 is 2.57 bits per heavy atom. The van der Waals surface area contributed by atoms with Gasteiger partial charge in [0.1, 0.15) is 17.6 Å². The number of hydrogen-bond acceptors (Lipinski definition) is 6. The fraction of sp³-hybridized carbons (Fsp3) is 0.250. The maximum atomic E-state index is 10.8. The lowest BCUT2D eigenvalue weighted by Gasteiger charge is -2.18. The minimum Gasteiger partial charge on any atom is -0.497 e. The van der Waals surface area contributed by atoms with Crippen LogP contribution in [0.4, 0.5) is 11.5 Å². The molecule has 0 saturated heterocycles. The number of ether oxygens (including phenoxy) is 1. The van der Waals surface area contributed by atoms with E-state index in [1.807, 2.05) is 31.2 Å². The molecule has 1 N–H and O–H groups in total. The third-order valence-electron chi connectivity index (χ3n) is 3.43. The van der Waals surface area contributed by atoms with Gasteiger partial charge in [-0.1, -0.05) is 19.1 Å². The standard InChI is InChI=1S/C16H16N4O3/c1-3-13(11-4-6-12(23-2)7-5-11)18-16-9-8-15(20(21)22)14(10-17)19-16/h4-9,13H,3H2,1-2H3,(H,18,19). The lowest BCUT2D eigenvalue weighted by atomic mass is 10.0. The van der Waals surface area contributed by atoms with Crippen molar-refractivity contribution in [1.29, 1.82) is 5.26 Å². The summed E-state index contributed by atoms with van der Waals surface area (Å²) in [6.07, 6.45) is 0.785. The number of benzene rings is 1. The van der Waals surface area contributed by atoms with Crippen LogP contribution in [0.1, 0.15) is 30.6 Å². The third kappa shape index (κ3) is 3.74. The van der Waals surface area contributed by atoms with E-state index in [9.17, 15) is 10.1 Å². The molecular weight excluding hydrogens is 296 g/mol. The van der Waals surface area contributed by atoms with E-state index >= 15 is 0 Å². The molecule has 0 aliphatic carbocycles. The van der Waals surface area contributed by atoms with Crippen LogP contribution in [0.5, 0.6) is 5.75 Å². The van der Waals surface area contributed by atoms with Gasteiger partial charge >= 0.3 is 5.69 Å². The van der Waals surface area contributed by atoms with Gasteiger partial charge in [0.2, 0.25) is 5.69 Å². The number of methoxy groups -OCH3 is 1. The van der Waals surface area contributed by atoms with Crippen molar-refractivity contribution in [2.45, 2.75) is 19.4 Å². The van der Waals surface area contributed by atoms with Gasteiger partial charge in [-0.2, -0.15) is 5.26 Å². The average molecular weight is 312 g/mol. The normalized spacial score (nSPS) is 11.3. The molecule has 0 aliphatic rings. The predicted octanol–water partition coefficient (Wildman–Crippen LogP) is 3.43. The quantitative estimate of drug-likeness (QED) is 0.647. The van der Waals surface area contributed by atoms with Gasteiger partial charge in [-0.25, -0.2) is 4.98 Å². The highest BCUT2D eigenvalue weighted by Crippen LogP contribution is 2.25. The molecule has 23 heavy (non-hydrogen) atoms. The molecule has 1 unspecified atom stereocenters. The van der Waals surface area contributed by atoms with Gasteiger partial charge in [-0.15, -0.1) is 0 Å². The van der Waals surface area contributed by atoms with Crippen molar-refractivity contribution in [1.82, 2.24) is 4.98 Å². The Labute approximate surface area is 133 Å². The first-order chi connectivity index (χ1) is 11.1. The number of pyridine rings is 1. The van der Waals surface area contributed by atoms with Crippen molar-refractivity contribution in [2.75, 3.05) is 12.4 Å². The Morgan fingerprint density at radius 1 is 1.35 bits per heavy atom. The molecule has 1 heterocycles. The second kappa shape index (κ2) is 7.22. The molecule has 0 radical (unpaired) electrons. The Balaban J connectivity index is 2.24. The number of nitro groups is 1. The zero-order valence-corrected chi connectivity index (χ0v) is 12.8. The fourth-order valence-electron chi connectivity index (χ4n) is 2.20. The number of hydrogen-bond donors (Lipinski definition) is 1. The first kappa shape index (κ1) is 16.2. The van der Waals surface area contributed by atoms with Crippen LogP contribution in [-0.4, -0.2) is 17.0 Å². The van der Waals surface area contributed by atoms with Crippen LogP contribution in [-0.2, 0) is 0 Å².